The van der Waals surface area contributed by atoms with Crippen molar-refractivity contribution in [3.05, 3.63) is 112 Å². The van der Waals surface area contributed by atoms with E-state index in [4.69, 9.17) is 4.84 Å². The standard InChI is InChI=1S/C22H18BrNO/c23-20-14-8-7-13-19(20)21-15-22(18-11-5-2-6-12-18)25-24(21)16-17-9-3-1-4-10-17/h1-15,21H,16H2/t21-/m0/s1. The number of nitrogens with zero attached hydrogens (tertiary/aromatic N) is 1. The smallest absolute Gasteiger partial charge is 0.152 e. The van der Waals surface area contributed by atoms with Crippen LogP contribution in [0.1, 0.15) is 22.7 Å². The topological polar surface area (TPSA) is 12.5 Å². The number of benzene rings is 3. The van der Waals surface area contributed by atoms with Gasteiger partial charge in [0.15, 0.2) is 5.76 Å². The van der Waals surface area contributed by atoms with E-state index >= 15 is 0 Å². The van der Waals surface area contributed by atoms with Gasteiger partial charge >= 0.3 is 0 Å². The molecule has 1 heterocycles. The molecular formula is C22H18BrNO. The molecule has 0 radical (unpaired) electrons. The van der Waals surface area contributed by atoms with Crippen molar-refractivity contribution in [2.24, 2.45) is 0 Å². The number of hydrogen-bond donors (Lipinski definition) is 0. The van der Waals surface area contributed by atoms with E-state index in [0.29, 0.717) is 0 Å². The first-order valence-electron chi connectivity index (χ1n) is 8.31. The monoisotopic (exact) mass is 391 g/mol. The first-order valence-corrected chi connectivity index (χ1v) is 9.11. The summed E-state index contributed by atoms with van der Waals surface area (Å²) in [6.07, 6.45) is 2.19. The van der Waals surface area contributed by atoms with Gasteiger partial charge < -0.3 is 4.84 Å². The fraction of sp³-hybridized carbons (Fsp3) is 0.0909. The molecule has 0 saturated heterocycles. The van der Waals surface area contributed by atoms with Crippen LogP contribution in [0.5, 0.6) is 0 Å². The molecule has 0 amide bonds. The third-order valence-electron chi connectivity index (χ3n) is 4.30. The van der Waals surface area contributed by atoms with Gasteiger partial charge in [0.2, 0.25) is 0 Å². The molecule has 1 aliphatic rings. The zero-order chi connectivity index (χ0) is 17.1. The van der Waals surface area contributed by atoms with Gasteiger partial charge in [0.1, 0.15) is 0 Å². The van der Waals surface area contributed by atoms with Gasteiger partial charge in [-0.05, 0) is 23.3 Å². The van der Waals surface area contributed by atoms with E-state index in [2.05, 4.69) is 76.6 Å². The Labute approximate surface area is 156 Å². The second-order valence-corrected chi connectivity index (χ2v) is 6.87. The van der Waals surface area contributed by atoms with E-state index in [-0.39, 0.29) is 6.04 Å². The third kappa shape index (κ3) is 3.53. The first-order chi connectivity index (χ1) is 12.3. The molecule has 0 spiro atoms. The molecule has 0 aliphatic carbocycles. The maximum Gasteiger partial charge on any atom is 0.152 e. The molecule has 124 valence electrons. The first kappa shape index (κ1) is 16.1. The minimum Gasteiger partial charge on any atom is -0.404 e. The highest BCUT2D eigenvalue weighted by Gasteiger charge is 2.30. The quantitative estimate of drug-likeness (QED) is 0.542. The van der Waals surface area contributed by atoms with Gasteiger partial charge in [0.25, 0.3) is 0 Å². The van der Waals surface area contributed by atoms with E-state index in [1.807, 2.05) is 35.4 Å². The summed E-state index contributed by atoms with van der Waals surface area (Å²) in [5.74, 6) is 0.900. The Kier molecular flexibility index (Phi) is 4.68. The molecule has 3 aromatic rings. The van der Waals surface area contributed by atoms with Crippen LogP contribution in [0.4, 0.5) is 0 Å². The Bertz CT molecular complexity index is 877. The lowest BCUT2D eigenvalue weighted by Gasteiger charge is -2.24. The van der Waals surface area contributed by atoms with Gasteiger partial charge in [-0.2, -0.15) is 0 Å². The molecule has 0 unspecified atom stereocenters. The summed E-state index contributed by atoms with van der Waals surface area (Å²) in [4.78, 5) is 6.25. The van der Waals surface area contributed by atoms with Crippen molar-refractivity contribution in [1.29, 1.82) is 0 Å². The number of hydrogen-bond acceptors (Lipinski definition) is 2. The van der Waals surface area contributed by atoms with Crippen LogP contribution in [-0.4, -0.2) is 5.06 Å². The molecule has 0 aromatic heterocycles. The average molecular weight is 392 g/mol. The van der Waals surface area contributed by atoms with Crippen LogP contribution in [0.25, 0.3) is 5.76 Å². The summed E-state index contributed by atoms with van der Waals surface area (Å²) in [6.45, 7) is 0.722. The number of halogens is 1. The van der Waals surface area contributed by atoms with Crippen LogP contribution in [0.2, 0.25) is 0 Å². The zero-order valence-electron chi connectivity index (χ0n) is 13.7. The summed E-state index contributed by atoms with van der Waals surface area (Å²) >= 11 is 3.68. The fourth-order valence-electron chi connectivity index (χ4n) is 3.05. The molecule has 1 atom stereocenters. The predicted molar refractivity (Wildman–Crippen MR) is 104 cm³/mol. The van der Waals surface area contributed by atoms with Crippen molar-refractivity contribution in [3.8, 4) is 0 Å². The molecule has 2 nitrogen and oxygen atoms in total. The van der Waals surface area contributed by atoms with E-state index in [0.717, 1.165) is 22.3 Å². The minimum absolute atomic E-state index is 0.0611. The molecule has 3 heteroatoms. The van der Waals surface area contributed by atoms with Gasteiger partial charge in [-0.1, -0.05) is 94.8 Å². The van der Waals surface area contributed by atoms with Crippen LogP contribution >= 0.6 is 15.9 Å². The predicted octanol–water partition coefficient (Wildman–Crippen LogP) is 5.98. The minimum atomic E-state index is 0.0611. The lowest BCUT2D eigenvalue weighted by atomic mass is 10.0. The molecule has 0 fully saturated rings. The van der Waals surface area contributed by atoms with E-state index < -0.39 is 0 Å². The van der Waals surface area contributed by atoms with Crippen molar-refractivity contribution in [2.45, 2.75) is 12.6 Å². The zero-order valence-corrected chi connectivity index (χ0v) is 15.3. The molecule has 25 heavy (non-hydrogen) atoms. The summed E-state index contributed by atoms with van der Waals surface area (Å²) in [7, 11) is 0. The van der Waals surface area contributed by atoms with E-state index in [9.17, 15) is 0 Å². The Balaban J connectivity index is 1.69. The van der Waals surface area contributed by atoms with E-state index in [1.165, 1.54) is 11.1 Å². The highest BCUT2D eigenvalue weighted by atomic mass is 79.9. The Morgan fingerprint density at radius 3 is 2.16 bits per heavy atom. The highest BCUT2D eigenvalue weighted by molar-refractivity contribution is 9.10. The van der Waals surface area contributed by atoms with Gasteiger partial charge in [0.05, 0.1) is 12.6 Å². The summed E-state index contributed by atoms with van der Waals surface area (Å²) in [6, 6.07) is 29.0. The lowest BCUT2D eigenvalue weighted by molar-refractivity contribution is -0.101. The summed E-state index contributed by atoms with van der Waals surface area (Å²) in [5.41, 5.74) is 3.52. The summed E-state index contributed by atoms with van der Waals surface area (Å²) < 4.78 is 1.09. The van der Waals surface area contributed by atoms with Crippen molar-refractivity contribution in [1.82, 2.24) is 5.06 Å². The van der Waals surface area contributed by atoms with Crippen molar-refractivity contribution in [2.75, 3.05) is 0 Å². The van der Waals surface area contributed by atoms with Crippen LogP contribution in [0.3, 0.4) is 0 Å². The van der Waals surface area contributed by atoms with Crippen LogP contribution in [-0.2, 0) is 11.4 Å². The lowest BCUT2D eigenvalue weighted by Crippen LogP contribution is -2.22. The molecule has 0 saturated carbocycles. The van der Waals surface area contributed by atoms with Crippen LogP contribution in [0.15, 0.2) is 95.5 Å². The van der Waals surface area contributed by atoms with Gasteiger partial charge in [-0.15, -0.1) is 5.06 Å². The van der Waals surface area contributed by atoms with Crippen LogP contribution in [0, 0.1) is 0 Å². The number of hydroxylamine groups is 2. The van der Waals surface area contributed by atoms with Gasteiger partial charge in [-0.25, -0.2) is 0 Å². The van der Waals surface area contributed by atoms with Crippen molar-refractivity contribution < 1.29 is 4.84 Å². The summed E-state index contributed by atoms with van der Waals surface area (Å²) in [5, 5.41) is 2.04. The Morgan fingerprint density at radius 1 is 0.800 bits per heavy atom. The highest BCUT2D eigenvalue weighted by Crippen LogP contribution is 2.39. The van der Waals surface area contributed by atoms with Gasteiger partial charge in [-0.3, -0.25) is 0 Å². The SMILES string of the molecule is Brc1ccccc1[C@@H]1C=C(c2ccccc2)ON1Cc1ccccc1. The second-order valence-electron chi connectivity index (χ2n) is 6.02. The second kappa shape index (κ2) is 7.26. The van der Waals surface area contributed by atoms with Gasteiger partial charge in [0, 0.05) is 10.0 Å². The molecule has 0 N–H and O–H groups in total. The molecular weight excluding hydrogens is 374 g/mol. The van der Waals surface area contributed by atoms with Crippen LogP contribution < -0.4 is 0 Å². The third-order valence-corrected chi connectivity index (χ3v) is 5.02. The van der Waals surface area contributed by atoms with Crippen molar-refractivity contribution in [3.63, 3.8) is 0 Å². The molecule has 0 bridgehead atoms. The molecule has 1 aliphatic heterocycles. The normalized spacial score (nSPS) is 17.2. The molecule has 3 aromatic carbocycles. The van der Waals surface area contributed by atoms with E-state index in [1.54, 1.807) is 0 Å². The Hall–Kier alpha value is -2.36. The maximum atomic E-state index is 6.25. The maximum absolute atomic E-state index is 6.25. The average Bonchev–Trinajstić information content (AvgIpc) is 3.07. The molecule has 4 rings (SSSR count). The van der Waals surface area contributed by atoms with Crippen molar-refractivity contribution >= 4 is 21.7 Å². The number of rotatable bonds is 4. The Morgan fingerprint density at radius 2 is 1.44 bits per heavy atom. The largest absolute Gasteiger partial charge is 0.404 e. The fourth-order valence-corrected chi connectivity index (χ4v) is 3.56.